The Hall–Kier alpha value is -2.76. The van der Waals surface area contributed by atoms with Crippen molar-refractivity contribution in [2.75, 3.05) is 0 Å². The van der Waals surface area contributed by atoms with Crippen LogP contribution in [0.25, 0.3) is 38.5 Å². The molecule has 4 nitrogen and oxygen atoms in total. The van der Waals surface area contributed by atoms with Crippen molar-refractivity contribution in [2.45, 2.75) is 0 Å². The molecule has 25 heavy (non-hydrogen) atoms. The third kappa shape index (κ3) is 2.32. The first kappa shape index (κ1) is 14.6. The summed E-state index contributed by atoms with van der Waals surface area (Å²) in [6, 6.07) is 20.1. The number of para-hydroxylation sites is 1. The van der Waals surface area contributed by atoms with Gasteiger partial charge in [-0.15, -0.1) is 21.5 Å². The second kappa shape index (κ2) is 5.65. The van der Waals surface area contributed by atoms with E-state index in [2.05, 4.69) is 32.7 Å². The normalized spacial score (nSPS) is 11.4. The Kier molecular flexibility index (Phi) is 3.29. The average molecular weight is 363 g/mol. The van der Waals surface area contributed by atoms with Crippen LogP contribution in [0.2, 0.25) is 5.15 Å². The van der Waals surface area contributed by atoms with Crippen molar-refractivity contribution in [3.8, 4) is 22.6 Å². The van der Waals surface area contributed by atoms with Crippen molar-refractivity contribution in [3.63, 3.8) is 0 Å². The molecule has 3 aromatic heterocycles. The van der Waals surface area contributed by atoms with Crippen LogP contribution in [0, 0.1) is 0 Å². The highest BCUT2D eigenvalue weighted by atomic mass is 35.5. The Labute approximate surface area is 152 Å². The topological polar surface area (TPSA) is 43.1 Å². The lowest BCUT2D eigenvalue weighted by Crippen LogP contribution is -1.93. The van der Waals surface area contributed by atoms with Gasteiger partial charge in [-0.2, -0.15) is 0 Å². The van der Waals surface area contributed by atoms with Gasteiger partial charge in [-0.3, -0.25) is 4.40 Å². The molecule has 2 aromatic carbocycles. The summed E-state index contributed by atoms with van der Waals surface area (Å²) in [7, 11) is 0. The molecule has 0 spiro atoms. The van der Waals surface area contributed by atoms with Crippen molar-refractivity contribution in [2.24, 2.45) is 0 Å². The molecule has 6 heteroatoms. The second-order valence-electron chi connectivity index (χ2n) is 5.65. The molecule has 0 amide bonds. The Morgan fingerprint density at radius 3 is 2.60 bits per heavy atom. The van der Waals surface area contributed by atoms with E-state index < -0.39 is 0 Å². The molecule has 0 aliphatic rings. The Bertz CT molecular complexity index is 1210. The maximum absolute atomic E-state index is 6.47. The quantitative estimate of drug-likeness (QED) is 0.399. The maximum atomic E-state index is 6.47. The lowest BCUT2D eigenvalue weighted by atomic mass is 10.1. The number of thiazole rings is 1. The first-order valence-electron chi connectivity index (χ1n) is 7.75. The fourth-order valence-corrected chi connectivity index (χ4v) is 4.02. The minimum Gasteiger partial charge on any atom is -0.265 e. The molecule has 0 bridgehead atoms. The van der Waals surface area contributed by atoms with E-state index in [1.165, 1.54) is 0 Å². The molecule has 0 saturated heterocycles. The van der Waals surface area contributed by atoms with Gasteiger partial charge >= 0.3 is 0 Å². The van der Waals surface area contributed by atoms with Crippen molar-refractivity contribution in [1.82, 2.24) is 19.6 Å². The van der Waals surface area contributed by atoms with Crippen molar-refractivity contribution >= 4 is 38.8 Å². The lowest BCUT2D eigenvalue weighted by molar-refractivity contribution is 1.11. The zero-order chi connectivity index (χ0) is 16.8. The summed E-state index contributed by atoms with van der Waals surface area (Å²) in [5.74, 6) is 0.707. The van der Waals surface area contributed by atoms with Gasteiger partial charge in [0, 0.05) is 10.8 Å². The van der Waals surface area contributed by atoms with Crippen LogP contribution >= 0.6 is 22.9 Å². The maximum Gasteiger partial charge on any atom is 0.216 e. The highest BCUT2D eigenvalue weighted by Gasteiger charge is 2.18. The molecule has 0 atom stereocenters. The number of halogens is 1. The van der Waals surface area contributed by atoms with Gasteiger partial charge in [-0.1, -0.05) is 60.1 Å². The fraction of sp³-hybridized carbons (Fsp3) is 0. The summed E-state index contributed by atoms with van der Waals surface area (Å²) in [5.41, 5.74) is 3.80. The SMILES string of the molecule is Clc1nc2ccccc2cc1-c1nnc2scc(-c3ccccc3)n12. The Morgan fingerprint density at radius 1 is 0.920 bits per heavy atom. The zero-order valence-corrected chi connectivity index (χ0v) is 14.5. The molecule has 0 aliphatic heterocycles. The van der Waals surface area contributed by atoms with Crippen LogP contribution in [0.5, 0.6) is 0 Å². The van der Waals surface area contributed by atoms with Gasteiger partial charge in [0.15, 0.2) is 5.82 Å². The molecule has 0 unspecified atom stereocenters. The smallest absolute Gasteiger partial charge is 0.216 e. The van der Waals surface area contributed by atoms with Gasteiger partial charge in [0.05, 0.1) is 16.8 Å². The summed E-state index contributed by atoms with van der Waals surface area (Å²) in [5, 5.41) is 12.2. The number of hydrogen-bond donors (Lipinski definition) is 0. The number of nitrogens with zero attached hydrogens (tertiary/aromatic N) is 4. The predicted molar refractivity (Wildman–Crippen MR) is 102 cm³/mol. The third-order valence-corrected chi connectivity index (χ3v) is 5.24. The standard InChI is InChI=1S/C19H11ClN4S/c20-17-14(10-13-8-4-5-9-15(13)21-17)18-22-23-19-24(18)16(11-25-19)12-6-2-1-3-7-12/h1-11H. The van der Waals surface area contributed by atoms with Crippen molar-refractivity contribution in [3.05, 3.63) is 71.2 Å². The fourth-order valence-electron chi connectivity index (χ4n) is 2.95. The third-order valence-electron chi connectivity index (χ3n) is 4.14. The van der Waals surface area contributed by atoms with Gasteiger partial charge in [0.2, 0.25) is 4.96 Å². The first-order chi connectivity index (χ1) is 12.3. The number of fused-ring (bicyclic) bond motifs is 2. The van der Waals surface area contributed by atoms with E-state index in [1.54, 1.807) is 11.3 Å². The summed E-state index contributed by atoms with van der Waals surface area (Å²) in [6.45, 7) is 0. The first-order valence-corrected chi connectivity index (χ1v) is 9.01. The van der Waals surface area contributed by atoms with Crippen LogP contribution < -0.4 is 0 Å². The van der Waals surface area contributed by atoms with Gasteiger partial charge < -0.3 is 0 Å². The van der Waals surface area contributed by atoms with Gasteiger partial charge in [-0.05, 0) is 17.7 Å². The van der Waals surface area contributed by atoms with E-state index in [1.807, 2.05) is 52.9 Å². The molecule has 120 valence electrons. The number of pyridine rings is 1. The summed E-state index contributed by atoms with van der Waals surface area (Å²) >= 11 is 8.03. The average Bonchev–Trinajstić information content (AvgIpc) is 3.24. The van der Waals surface area contributed by atoms with Crippen LogP contribution in [0.4, 0.5) is 0 Å². The van der Waals surface area contributed by atoms with Crippen LogP contribution in [0.3, 0.4) is 0 Å². The largest absolute Gasteiger partial charge is 0.265 e. The molecule has 3 heterocycles. The van der Waals surface area contributed by atoms with Crippen LogP contribution in [-0.4, -0.2) is 19.6 Å². The minimum absolute atomic E-state index is 0.429. The molecule has 5 aromatic rings. The summed E-state index contributed by atoms with van der Waals surface area (Å²) < 4.78 is 2.04. The van der Waals surface area contributed by atoms with Crippen molar-refractivity contribution in [1.29, 1.82) is 0 Å². The van der Waals surface area contributed by atoms with E-state index in [0.29, 0.717) is 11.0 Å². The van der Waals surface area contributed by atoms with E-state index in [0.717, 1.165) is 32.7 Å². The number of benzene rings is 2. The predicted octanol–water partition coefficient (Wildman–Crippen LogP) is 5.33. The second-order valence-corrected chi connectivity index (χ2v) is 6.84. The van der Waals surface area contributed by atoms with E-state index in [-0.39, 0.29) is 0 Å². The van der Waals surface area contributed by atoms with Crippen molar-refractivity contribution < 1.29 is 0 Å². The van der Waals surface area contributed by atoms with E-state index in [9.17, 15) is 0 Å². The highest BCUT2D eigenvalue weighted by Crippen LogP contribution is 2.33. The van der Waals surface area contributed by atoms with Gasteiger partial charge in [0.1, 0.15) is 5.15 Å². The molecule has 5 rings (SSSR count). The molecule has 0 aliphatic carbocycles. The monoisotopic (exact) mass is 362 g/mol. The minimum atomic E-state index is 0.429. The molecule has 0 saturated carbocycles. The number of rotatable bonds is 2. The summed E-state index contributed by atoms with van der Waals surface area (Å²) in [4.78, 5) is 5.34. The van der Waals surface area contributed by atoms with Crippen LogP contribution in [0.15, 0.2) is 66.0 Å². The molecular weight excluding hydrogens is 352 g/mol. The zero-order valence-electron chi connectivity index (χ0n) is 12.9. The number of aromatic nitrogens is 4. The van der Waals surface area contributed by atoms with Crippen LogP contribution in [-0.2, 0) is 0 Å². The van der Waals surface area contributed by atoms with Gasteiger partial charge in [-0.25, -0.2) is 4.98 Å². The summed E-state index contributed by atoms with van der Waals surface area (Å²) in [6.07, 6.45) is 0. The van der Waals surface area contributed by atoms with Gasteiger partial charge in [0.25, 0.3) is 0 Å². The lowest BCUT2D eigenvalue weighted by Gasteiger charge is -2.06. The van der Waals surface area contributed by atoms with Crippen LogP contribution in [0.1, 0.15) is 0 Å². The Balaban J connectivity index is 1.79. The van der Waals surface area contributed by atoms with E-state index in [4.69, 9.17) is 11.6 Å². The highest BCUT2D eigenvalue weighted by molar-refractivity contribution is 7.15. The molecule has 0 N–H and O–H groups in total. The molecular formula is C19H11ClN4S. The van der Waals surface area contributed by atoms with E-state index >= 15 is 0 Å². The molecule has 0 fully saturated rings. The molecule has 0 radical (unpaired) electrons. The number of hydrogen-bond acceptors (Lipinski definition) is 4. The Morgan fingerprint density at radius 2 is 1.72 bits per heavy atom.